The van der Waals surface area contributed by atoms with E-state index in [1.165, 1.54) is 0 Å². The van der Waals surface area contributed by atoms with Crippen LogP contribution in [0, 0.1) is 5.92 Å². The lowest BCUT2D eigenvalue weighted by Crippen LogP contribution is -2.10. The van der Waals surface area contributed by atoms with Crippen LogP contribution in [-0.4, -0.2) is 0 Å². The fourth-order valence-corrected chi connectivity index (χ4v) is 1.29. The van der Waals surface area contributed by atoms with Crippen LogP contribution < -0.4 is 11.5 Å². The minimum absolute atomic E-state index is 0.418. The van der Waals surface area contributed by atoms with E-state index in [2.05, 4.69) is 26.7 Å². The first-order chi connectivity index (χ1) is 7.02. The summed E-state index contributed by atoms with van der Waals surface area (Å²) in [5, 5.41) is 0. The van der Waals surface area contributed by atoms with E-state index in [1.54, 1.807) is 6.08 Å². The van der Waals surface area contributed by atoms with Crippen molar-refractivity contribution in [3.05, 3.63) is 48.9 Å². The summed E-state index contributed by atoms with van der Waals surface area (Å²) in [6.07, 6.45) is 6.77. The molecule has 0 saturated heterocycles. The topological polar surface area (TPSA) is 52.0 Å². The Hall–Kier alpha value is -1.44. The second-order valence-corrected chi connectivity index (χ2v) is 3.77. The van der Waals surface area contributed by atoms with Gasteiger partial charge in [-0.25, -0.2) is 0 Å². The number of allylic oxidation sites excluding steroid dienone is 3. The van der Waals surface area contributed by atoms with Crippen LogP contribution in [0.4, 0.5) is 0 Å². The van der Waals surface area contributed by atoms with Crippen LogP contribution >= 0.6 is 0 Å². The molecule has 2 nitrogen and oxygen atoms in total. The van der Waals surface area contributed by atoms with Gasteiger partial charge in [0.25, 0.3) is 0 Å². The minimum atomic E-state index is 0.418. The van der Waals surface area contributed by atoms with Gasteiger partial charge in [-0.2, -0.15) is 0 Å². The molecule has 1 atom stereocenters. The van der Waals surface area contributed by atoms with Crippen molar-refractivity contribution in [2.75, 3.05) is 0 Å². The van der Waals surface area contributed by atoms with Gasteiger partial charge < -0.3 is 11.5 Å². The Morgan fingerprint density at radius 3 is 2.33 bits per heavy atom. The molecule has 4 N–H and O–H groups in total. The van der Waals surface area contributed by atoms with Crippen LogP contribution in [0.5, 0.6) is 0 Å². The summed E-state index contributed by atoms with van der Waals surface area (Å²) in [6.45, 7) is 13.2. The molecular formula is C13H22N2. The van der Waals surface area contributed by atoms with Gasteiger partial charge in [0.2, 0.25) is 0 Å². The van der Waals surface area contributed by atoms with Crippen molar-refractivity contribution in [2.45, 2.75) is 26.2 Å². The standard InChI is InChI=1S/C13H22N2/c1-5-10(3)8-7-9-12(6-2)13(15)11(4)14/h5-6,10H,1-2,4,7-9,14-15H2,3H3/b13-12-. The van der Waals surface area contributed by atoms with E-state index in [1.807, 2.05) is 6.08 Å². The zero-order chi connectivity index (χ0) is 11.8. The average Bonchev–Trinajstić information content (AvgIpc) is 2.22. The van der Waals surface area contributed by atoms with E-state index in [0.29, 0.717) is 17.3 Å². The van der Waals surface area contributed by atoms with Crippen LogP contribution in [0.25, 0.3) is 0 Å². The number of rotatable bonds is 7. The highest BCUT2D eigenvalue weighted by Gasteiger charge is 2.02. The summed E-state index contributed by atoms with van der Waals surface area (Å²) >= 11 is 0. The predicted octanol–water partition coefficient (Wildman–Crippen LogP) is 2.85. The first-order valence-electron chi connectivity index (χ1n) is 5.21. The highest BCUT2D eigenvalue weighted by molar-refractivity contribution is 5.33. The third kappa shape index (κ3) is 5.11. The Labute approximate surface area is 93.0 Å². The molecule has 0 heterocycles. The van der Waals surface area contributed by atoms with Gasteiger partial charge in [0.05, 0.1) is 5.70 Å². The molecule has 0 aromatic carbocycles. The first-order valence-corrected chi connectivity index (χ1v) is 5.21. The summed E-state index contributed by atoms with van der Waals surface area (Å²) < 4.78 is 0. The highest BCUT2D eigenvalue weighted by Crippen LogP contribution is 2.16. The molecule has 2 heteroatoms. The van der Waals surface area contributed by atoms with Crippen molar-refractivity contribution in [2.24, 2.45) is 17.4 Å². The van der Waals surface area contributed by atoms with Crippen LogP contribution in [0.2, 0.25) is 0 Å². The second-order valence-electron chi connectivity index (χ2n) is 3.77. The normalized spacial score (nSPS) is 13.9. The van der Waals surface area contributed by atoms with Gasteiger partial charge in [-0.1, -0.05) is 32.2 Å². The summed E-state index contributed by atoms with van der Waals surface area (Å²) in [6, 6.07) is 0. The molecule has 84 valence electrons. The average molecular weight is 206 g/mol. The van der Waals surface area contributed by atoms with Gasteiger partial charge in [0.1, 0.15) is 0 Å². The predicted molar refractivity (Wildman–Crippen MR) is 67.9 cm³/mol. The molecule has 0 bridgehead atoms. The maximum Gasteiger partial charge on any atom is 0.0573 e. The molecule has 0 aromatic heterocycles. The second kappa shape index (κ2) is 6.93. The molecule has 1 unspecified atom stereocenters. The van der Waals surface area contributed by atoms with Gasteiger partial charge in [0, 0.05) is 5.70 Å². The van der Waals surface area contributed by atoms with Gasteiger partial charge in [-0.3, -0.25) is 0 Å². The molecule has 0 aliphatic carbocycles. The smallest absolute Gasteiger partial charge is 0.0573 e. The maximum absolute atomic E-state index is 5.78. The quantitative estimate of drug-likeness (QED) is 0.497. The Morgan fingerprint density at radius 2 is 1.93 bits per heavy atom. The summed E-state index contributed by atoms with van der Waals surface area (Å²) in [7, 11) is 0. The van der Waals surface area contributed by atoms with E-state index in [-0.39, 0.29) is 0 Å². The minimum Gasteiger partial charge on any atom is -0.398 e. The maximum atomic E-state index is 5.78. The van der Waals surface area contributed by atoms with Crippen LogP contribution in [0.1, 0.15) is 26.2 Å². The van der Waals surface area contributed by atoms with E-state index in [0.717, 1.165) is 24.8 Å². The van der Waals surface area contributed by atoms with Crippen molar-refractivity contribution in [1.82, 2.24) is 0 Å². The van der Waals surface area contributed by atoms with Gasteiger partial charge in [0.15, 0.2) is 0 Å². The van der Waals surface area contributed by atoms with Gasteiger partial charge >= 0.3 is 0 Å². The lowest BCUT2D eigenvalue weighted by Gasteiger charge is -2.09. The summed E-state index contributed by atoms with van der Waals surface area (Å²) in [5.74, 6) is 0.540. The summed E-state index contributed by atoms with van der Waals surface area (Å²) in [5.41, 5.74) is 13.3. The van der Waals surface area contributed by atoms with Crippen LogP contribution in [0.15, 0.2) is 48.9 Å². The molecule has 0 rings (SSSR count). The van der Waals surface area contributed by atoms with Gasteiger partial charge in [-0.15, -0.1) is 6.58 Å². The van der Waals surface area contributed by atoms with Crippen molar-refractivity contribution in [1.29, 1.82) is 0 Å². The molecule has 0 radical (unpaired) electrons. The molecule has 0 amide bonds. The molecule has 0 aliphatic rings. The number of hydrogen-bond donors (Lipinski definition) is 2. The zero-order valence-electron chi connectivity index (χ0n) is 9.63. The van der Waals surface area contributed by atoms with Gasteiger partial charge in [-0.05, 0) is 30.8 Å². The van der Waals surface area contributed by atoms with E-state index >= 15 is 0 Å². The molecule has 0 aromatic rings. The number of hydrogen-bond acceptors (Lipinski definition) is 2. The Kier molecular flexibility index (Phi) is 6.27. The lowest BCUT2D eigenvalue weighted by atomic mass is 10.00. The molecule has 0 saturated carbocycles. The highest BCUT2D eigenvalue weighted by atomic mass is 14.7. The van der Waals surface area contributed by atoms with Crippen molar-refractivity contribution < 1.29 is 0 Å². The zero-order valence-corrected chi connectivity index (χ0v) is 9.63. The fraction of sp³-hybridized carbons (Fsp3) is 0.385. The molecule has 15 heavy (non-hydrogen) atoms. The van der Waals surface area contributed by atoms with Crippen molar-refractivity contribution >= 4 is 0 Å². The number of nitrogens with two attached hydrogens (primary N) is 2. The Bertz CT molecular complexity index is 274. The molecule has 0 fully saturated rings. The van der Waals surface area contributed by atoms with Crippen molar-refractivity contribution in [3.63, 3.8) is 0 Å². The molecule has 0 spiro atoms. The third-order valence-electron chi connectivity index (χ3n) is 2.45. The molecular weight excluding hydrogens is 184 g/mol. The lowest BCUT2D eigenvalue weighted by molar-refractivity contribution is 0.607. The van der Waals surface area contributed by atoms with Crippen molar-refractivity contribution in [3.8, 4) is 0 Å². The van der Waals surface area contributed by atoms with Crippen LogP contribution in [-0.2, 0) is 0 Å². The third-order valence-corrected chi connectivity index (χ3v) is 2.45. The first kappa shape index (κ1) is 13.6. The van der Waals surface area contributed by atoms with E-state index in [4.69, 9.17) is 11.5 Å². The monoisotopic (exact) mass is 206 g/mol. The fourth-order valence-electron chi connectivity index (χ4n) is 1.29. The molecule has 0 aliphatic heterocycles. The SMILES string of the molecule is C=C/C(CCCC(C)C=C)=C(/N)C(=C)N. The van der Waals surface area contributed by atoms with E-state index < -0.39 is 0 Å². The van der Waals surface area contributed by atoms with Crippen LogP contribution in [0.3, 0.4) is 0 Å². The van der Waals surface area contributed by atoms with E-state index in [9.17, 15) is 0 Å². The summed E-state index contributed by atoms with van der Waals surface area (Å²) in [4.78, 5) is 0. The largest absolute Gasteiger partial charge is 0.398 e. The Morgan fingerprint density at radius 1 is 1.33 bits per heavy atom. The Balaban J connectivity index is 4.24.